The number of fused-ring (bicyclic) bond motifs is 1. The summed E-state index contributed by atoms with van der Waals surface area (Å²) in [5.41, 5.74) is 1.86. The van der Waals surface area contributed by atoms with Crippen LogP contribution in [-0.2, 0) is 17.8 Å². The smallest absolute Gasteiger partial charge is 0.137 e. The van der Waals surface area contributed by atoms with E-state index in [1.165, 1.54) is 0 Å². The van der Waals surface area contributed by atoms with Crippen LogP contribution in [0.4, 0.5) is 0 Å². The molecule has 0 atom stereocenters. The van der Waals surface area contributed by atoms with Crippen LogP contribution in [0.2, 0.25) is 0 Å². The number of ether oxygens (including phenoxy) is 1. The van der Waals surface area contributed by atoms with Crippen molar-refractivity contribution in [3.05, 3.63) is 65.9 Å². The van der Waals surface area contributed by atoms with E-state index < -0.39 is 0 Å². The van der Waals surface area contributed by atoms with Crippen LogP contribution in [0.1, 0.15) is 11.3 Å². The van der Waals surface area contributed by atoms with Gasteiger partial charge in [-0.25, -0.2) is 0 Å². The first-order valence-corrected chi connectivity index (χ1v) is 6.48. The van der Waals surface area contributed by atoms with Gasteiger partial charge in [-0.2, -0.15) is 0 Å². The minimum Gasteiger partial charge on any atom is -0.489 e. The Labute approximate surface area is 116 Å². The van der Waals surface area contributed by atoms with Gasteiger partial charge in [0.15, 0.2) is 0 Å². The van der Waals surface area contributed by atoms with Gasteiger partial charge < -0.3 is 13.9 Å². The quantitative estimate of drug-likeness (QED) is 0.660. The normalized spacial score (nSPS) is 10.6. The standard InChI is InChI=1S/C17H14O3/c18-9-8-16-10-14-6-7-15(11-17(14)20-16)19-12-13-4-2-1-3-5-13/h1-7,9-11H,8,12H2. The number of carbonyl (C=O) groups excluding carboxylic acids is 1. The molecule has 2 aromatic carbocycles. The third kappa shape index (κ3) is 2.72. The Kier molecular flexibility index (Phi) is 3.50. The average Bonchev–Trinajstić information content (AvgIpc) is 2.88. The Morgan fingerprint density at radius 2 is 1.90 bits per heavy atom. The van der Waals surface area contributed by atoms with Gasteiger partial charge in [0.25, 0.3) is 0 Å². The molecular weight excluding hydrogens is 252 g/mol. The van der Waals surface area contributed by atoms with Gasteiger partial charge in [-0.3, -0.25) is 0 Å². The van der Waals surface area contributed by atoms with E-state index in [4.69, 9.17) is 9.15 Å². The Morgan fingerprint density at radius 3 is 2.70 bits per heavy atom. The molecule has 3 heteroatoms. The maximum atomic E-state index is 10.5. The van der Waals surface area contributed by atoms with E-state index in [0.29, 0.717) is 18.8 Å². The summed E-state index contributed by atoms with van der Waals surface area (Å²) in [5.74, 6) is 1.43. The van der Waals surface area contributed by atoms with Crippen LogP contribution in [0.25, 0.3) is 11.0 Å². The largest absolute Gasteiger partial charge is 0.489 e. The van der Waals surface area contributed by atoms with E-state index in [1.807, 2.05) is 54.6 Å². The summed E-state index contributed by atoms with van der Waals surface area (Å²) in [6, 6.07) is 17.6. The van der Waals surface area contributed by atoms with Gasteiger partial charge in [0.2, 0.25) is 0 Å². The highest BCUT2D eigenvalue weighted by atomic mass is 16.5. The third-order valence-corrected chi connectivity index (χ3v) is 3.08. The topological polar surface area (TPSA) is 39.4 Å². The molecule has 3 aromatic rings. The summed E-state index contributed by atoms with van der Waals surface area (Å²) >= 11 is 0. The summed E-state index contributed by atoms with van der Waals surface area (Å²) in [6.07, 6.45) is 1.14. The second-order valence-electron chi connectivity index (χ2n) is 4.56. The molecule has 0 bridgehead atoms. The fraction of sp³-hybridized carbons (Fsp3) is 0.118. The predicted molar refractivity (Wildman–Crippen MR) is 76.8 cm³/mol. The minimum absolute atomic E-state index is 0.300. The zero-order valence-corrected chi connectivity index (χ0v) is 10.9. The van der Waals surface area contributed by atoms with Gasteiger partial charge in [-0.1, -0.05) is 30.3 Å². The van der Waals surface area contributed by atoms with E-state index in [1.54, 1.807) is 0 Å². The zero-order valence-electron chi connectivity index (χ0n) is 10.9. The lowest BCUT2D eigenvalue weighted by molar-refractivity contribution is -0.107. The van der Waals surface area contributed by atoms with E-state index in [-0.39, 0.29) is 0 Å². The number of furan rings is 1. The molecule has 0 unspecified atom stereocenters. The second-order valence-corrected chi connectivity index (χ2v) is 4.56. The van der Waals surface area contributed by atoms with Crippen LogP contribution < -0.4 is 4.74 Å². The van der Waals surface area contributed by atoms with Crippen molar-refractivity contribution in [3.8, 4) is 5.75 Å². The van der Waals surface area contributed by atoms with Gasteiger partial charge >= 0.3 is 0 Å². The van der Waals surface area contributed by atoms with E-state index in [2.05, 4.69) is 0 Å². The first-order chi connectivity index (χ1) is 9.85. The molecule has 0 saturated heterocycles. The van der Waals surface area contributed by atoms with Crippen molar-refractivity contribution < 1.29 is 13.9 Å². The van der Waals surface area contributed by atoms with Crippen LogP contribution in [0.3, 0.4) is 0 Å². The summed E-state index contributed by atoms with van der Waals surface area (Å²) in [6.45, 7) is 0.522. The Morgan fingerprint density at radius 1 is 1.05 bits per heavy atom. The highest BCUT2D eigenvalue weighted by Crippen LogP contribution is 2.25. The lowest BCUT2D eigenvalue weighted by atomic mass is 10.2. The molecule has 3 rings (SSSR count). The maximum Gasteiger partial charge on any atom is 0.137 e. The Balaban J connectivity index is 1.76. The second kappa shape index (κ2) is 5.61. The van der Waals surface area contributed by atoms with Crippen LogP contribution in [0.5, 0.6) is 5.75 Å². The number of rotatable bonds is 5. The van der Waals surface area contributed by atoms with Crippen molar-refractivity contribution in [1.82, 2.24) is 0 Å². The maximum absolute atomic E-state index is 10.5. The van der Waals surface area contributed by atoms with Crippen LogP contribution >= 0.6 is 0 Å². The first kappa shape index (κ1) is 12.5. The summed E-state index contributed by atoms with van der Waals surface area (Å²) < 4.78 is 11.3. The minimum atomic E-state index is 0.300. The van der Waals surface area contributed by atoms with Gasteiger partial charge in [0, 0.05) is 11.5 Å². The molecule has 3 nitrogen and oxygen atoms in total. The number of aldehydes is 1. The zero-order chi connectivity index (χ0) is 13.8. The van der Waals surface area contributed by atoms with Crippen LogP contribution in [0, 0.1) is 0 Å². The predicted octanol–water partition coefficient (Wildman–Crippen LogP) is 3.75. The number of carbonyl (C=O) groups is 1. The molecule has 1 heterocycles. The molecule has 0 N–H and O–H groups in total. The molecule has 100 valence electrons. The molecule has 0 aliphatic rings. The van der Waals surface area contributed by atoms with Crippen molar-refractivity contribution in [2.75, 3.05) is 0 Å². The van der Waals surface area contributed by atoms with Gasteiger partial charge in [-0.15, -0.1) is 0 Å². The Hall–Kier alpha value is -2.55. The van der Waals surface area contributed by atoms with Gasteiger partial charge in [-0.05, 0) is 23.8 Å². The molecule has 0 fully saturated rings. The van der Waals surface area contributed by atoms with Gasteiger partial charge in [0.1, 0.15) is 30.0 Å². The van der Waals surface area contributed by atoms with Gasteiger partial charge in [0.05, 0.1) is 6.42 Å². The molecule has 0 radical (unpaired) electrons. The SMILES string of the molecule is O=CCc1cc2ccc(OCc3ccccc3)cc2o1. The average molecular weight is 266 g/mol. The highest BCUT2D eigenvalue weighted by Gasteiger charge is 2.05. The van der Waals surface area contributed by atoms with Crippen molar-refractivity contribution in [1.29, 1.82) is 0 Å². The molecule has 0 amide bonds. The van der Waals surface area contributed by atoms with E-state index >= 15 is 0 Å². The first-order valence-electron chi connectivity index (χ1n) is 6.48. The molecule has 0 spiro atoms. The monoisotopic (exact) mass is 266 g/mol. The summed E-state index contributed by atoms with van der Waals surface area (Å²) in [5, 5.41) is 0.980. The Bertz CT molecular complexity index is 713. The van der Waals surface area contributed by atoms with E-state index in [9.17, 15) is 4.79 Å². The number of hydrogen-bond acceptors (Lipinski definition) is 3. The molecule has 0 saturated carbocycles. The molecule has 0 aliphatic carbocycles. The number of hydrogen-bond donors (Lipinski definition) is 0. The third-order valence-electron chi connectivity index (χ3n) is 3.08. The van der Waals surface area contributed by atoms with Crippen molar-refractivity contribution in [2.24, 2.45) is 0 Å². The van der Waals surface area contributed by atoms with E-state index in [0.717, 1.165) is 28.6 Å². The van der Waals surface area contributed by atoms with Crippen LogP contribution in [-0.4, -0.2) is 6.29 Å². The lowest BCUT2D eigenvalue weighted by Gasteiger charge is -2.05. The van der Waals surface area contributed by atoms with Crippen molar-refractivity contribution in [2.45, 2.75) is 13.0 Å². The molecule has 20 heavy (non-hydrogen) atoms. The summed E-state index contributed by atoms with van der Waals surface area (Å²) in [7, 11) is 0. The van der Waals surface area contributed by atoms with Crippen molar-refractivity contribution >= 4 is 17.3 Å². The summed E-state index contributed by atoms with van der Waals surface area (Å²) in [4.78, 5) is 10.5. The molecule has 1 aromatic heterocycles. The fourth-order valence-electron chi connectivity index (χ4n) is 2.08. The molecule has 0 aliphatic heterocycles. The fourth-order valence-corrected chi connectivity index (χ4v) is 2.08. The molecular formula is C17H14O3. The highest BCUT2D eigenvalue weighted by molar-refractivity contribution is 5.80. The van der Waals surface area contributed by atoms with Crippen molar-refractivity contribution in [3.63, 3.8) is 0 Å². The van der Waals surface area contributed by atoms with Crippen LogP contribution in [0.15, 0.2) is 59.0 Å². The lowest BCUT2D eigenvalue weighted by Crippen LogP contribution is -1.94. The number of benzene rings is 2.